The van der Waals surface area contributed by atoms with Crippen molar-refractivity contribution in [3.63, 3.8) is 0 Å². The minimum atomic E-state index is -1.17. The van der Waals surface area contributed by atoms with Gasteiger partial charge in [-0.3, -0.25) is 0 Å². The van der Waals surface area contributed by atoms with Gasteiger partial charge in [-0.2, -0.15) is 5.26 Å². The number of nitrogens with zero attached hydrogens (tertiary/aromatic N) is 1. The van der Waals surface area contributed by atoms with Crippen LogP contribution < -0.4 is 5.32 Å². The second kappa shape index (κ2) is 5.44. The summed E-state index contributed by atoms with van der Waals surface area (Å²) in [6.07, 6.45) is 0. The van der Waals surface area contributed by atoms with E-state index in [-0.39, 0.29) is 11.3 Å². The van der Waals surface area contributed by atoms with Gasteiger partial charge in [-0.15, -0.1) is 0 Å². The summed E-state index contributed by atoms with van der Waals surface area (Å²) in [7, 11) is 0. The smallest absolute Gasteiger partial charge is 0.165 e. The van der Waals surface area contributed by atoms with E-state index in [1.807, 2.05) is 0 Å². The Kier molecular flexibility index (Phi) is 3.71. The van der Waals surface area contributed by atoms with E-state index in [4.69, 9.17) is 5.26 Å². The van der Waals surface area contributed by atoms with E-state index in [0.717, 1.165) is 6.07 Å². The lowest BCUT2D eigenvalue weighted by Gasteiger charge is -2.14. The van der Waals surface area contributed by atoms with Crippen LogP contribution in [0.1, 0.15) is 11.6 Å². The Morgan fingerprint density at radius 2 is 1.63 bits per heavy atom. The van der Waals surface area contributed by atoms with Crippen LogP contribution in [-0.4, -0.2) is 0 Å². The molecule has 0 spiro atoms. The van der Waals surface area contributed by atoms with Gasteiger partial charge in [0.15, 0.2) is 11.6 Å². The summed E-state index contributed by atoms with van der Waals surface area (Å²) < 4.78 is 40.1. The van der Waals surface area contributed by atoms with Crippen molar-refractivity contribution in [2.24, 2.45) is 0 Å². The quantitative estimate of drug-likeness (QED) is 0.913. The zero-order valence-electron chi connectivity index (χ0n) is 9.70. The summed E-state index contributed by atoms with van der Waals surface area (Å²) >= 11 is 0. The lowest BCUT2D eigenvalue weighted by atomic mass is 10.1. The molecule has 0 bridgehead atoms. The number of para-hydroxylation sites is 1. The third-order valence-corrected chi connectivity index (χ3v) is 2.60. The standard InChI is InChI=1S/C14H9F3N2/c15-10-5-1-2-7-12(10)19-13(8-18)9-4-3-6-11(16)14(9)17/h1-7,13,19H. The third kappa shape index (κ3) is 2.68. The Balaban J connectivity index is 2.34. The second-order valence-corrected chi connectivity index (χ2v) is 3.83. The predicted octanol–water partition coefficient (Wildman–Crippen LogP) is 3.78. The van der Waals surface area contributed by atoms with Crippen LogP contribution in [0.25, 0.3) is 0 Å². The highest BCUT2D eigenvalue weighted by molar-refractivity contribution is 5.48. The van der Waals surface area contributed by atoms with Gasteiger partial charge in [0.2, 0.25) is 0 Å². The van der Waals surface area contributed by atoms with Crippen LogP contribution in [0.4, 0.5) is 18.9 Å². The maximum absolute atomic E-state index is 13.6. The van der Waals surface area contributed by atoms with E-state index in [9.17, 15) is 13.2 Å². The Morgan fingerprint density at radius 1 is 0.947 bits per heavy atom. The van der Waals surface area contributed by atoms with Gasteiger partial charge < -0.3 is 5.32 Å². The fourth-order valence-corrected chi connectivity index (χ4v) is 1.66. The summed E-state index contributed by atoms with van der Waals surface area (Å²) in [5, 5.41) is 11.6. The first-order valence-electron chi connectivity index (χ1n) is 5.48. The topological polar surface area (TPSA) is 35.8 Å². The minimum Gasteiger partial charge on any atom is -0.364 e. The molecule has 0 saturated carbocycles. The van der Waals surface area contributed by atoms with Crippen molar-refractivity contribution in [2.75, 3.05) is 5.32 Å². The molecule has 0 fully saturated rings. The zero-order chi connectivity index (χ0) is 13.8. The predicted molar refractivity (Wildman–Crippen MR) is 64.7 cm³/mol. The Morgan fingerprint density at radius 3 is 2.32 bits per heavy atom. The molecule has 2 aromatic carbocycles. The Bertz CT molecular complexity index is 635. The normalized spacial score (nSPS) is 11.7. The molecule has 1 atom stereocenters. The lowest BCUT2D eigenvalue weighted by molar-refractivity contribution is 0.497. The van der Waals surface area contributed by atoms with Crippen LogP contribution >= 0.6 is 0 Å². The molecule has 0 saturated heterocycles. The molecule has 96 valence electrons. The van der Waals surface area contributed by atoms with Gasteiger partial charge in [0.05, 0.1) is 11.8 Å². The molecule has 0 aliphatic rings. The number of nitrogens with one attached hydrogen (secondary N) is 1. The second-order valence-electron chi connectivity index (χ2n) is 3.83. The van der Waals surface area contributed by atoms with Crippen LogP contribution in [0.5, 0.6) is 0 Å². The molecule has 19 heavy (non-hydrogen) atoms. The number of nitriles is 1. The summed E-state index contributed by atoms with van der Waals surface area (Å²) in [5.41, 5.74) is -0.108. The van der Waals surface area contributed by atoms with Gasteiger partial charge in [0, 0.05) is 5.56 Å². The van der Waals surface area contributed by atoms with Crippen molar-refractivity contribution in [1.29, 1.82) is 5.26 Å². The molecule has 0 heterocycles. The first-order chi connectivity index (χ1) is 9.13. The number of halogens is 3. The molecule has 1 unspecified atom stereocenters. The zero-order valence-corrected chi connectivity index (χ0v) is 9.70. The number of hydrogen-bond donors (Lipinski definition) is 1. The van der Waals surface area contributed by atoms with Crippen LogP contribution in [0.2, 0.25) is 0 Å². The number of hydrogen-bond acceptors (Lipinski definition) is 2. The van der Waals surface area contributed by atoms with Crippen LogP contribution in [0, 0.1) is 28.8 Å². The van der Waals surface area contributed by atoms with E-state index in [1.165, 1.54) is 30.3 Å². The molecule has 0 amide bonds. The van der Waals surface area contributed by atoms with Gasteiger partial charge in [-0.05, 0) is 18.2 Å². The maximum atomic E-state index is 13.6. The van der Waals surface area contributed by atoms with Gasteiger partial charge in [0.25, 0.3) is 0 Å². The molecule has 2 aromatic rings. The lowest BCUT2D eigenvalue weighted by Crippen LogP contribution is -2.12. The minimum absolute atomic E-state index is 0.0534. The number of rotatable bonds is 3. The molecule has 2 nitrogen and oxygen atoms in total. The van der Waals surface area contributed by atoms with Crippen molar-refractivity contribution in [3.8, 4) is 6.07 Å². The highest BCUT2D eigenvalue weighted by Crippen LogP contribution is 2.24. The molecule has 5 heteroatoms. The summed E-state index contributed by atoms with van der Waals surface area (Å²) in [5.74, 6) is -2.73. The first kappa shape index (κ1) is 13.0. The largest absolute Gasteiger partial charge is 0.364 e. The fourth-order valence-electron chi connectivity index (χ4n) is 1.66. The van der Waals surface area contributed by atoms with Crippen molar-refractivity contribution in [1.82, 2.24) is 0 Å². The molecule has 0 radical (unpaired) electrons. The van der Waals surface area contributed by atoms with Crippen molar-refractivity contribution >= 4 is 5.69 Å². The highest BCUT2D eigenvalue weighted by atomic mass is 19.2. The number of benzene rings is 2. The maximum Gasteiger partial charge on any atom is 0.165 e. The van der Waals surface area contributed by atoms with E-state index in [1.54, 1.807) is 12.1 Å². The molecule has 0 aromatic heterocycles. The average Bonchev–Trinajstić information content (AvgIpc) is 2.41. The van der Waals surface area contributed by atoms with Gasteiger partial charge in [0.1, 0.15) is 11.9 Å². The molecular weight excluding hydrogens is 253 g/mol. The fraction of sp³-hybridized carbons (Fsp3) is 0.0714. The van der Waals surface area contributed by atoms with Gasteiger partial charge in [-0.1, -0.05) is 24.3 Å². The van der Waals surface area contributed by atoms with E-state index in [2.05, 4.69) is 5.32 Å². The first-order valence-corrected chi connectivity index (χ1v) is 5.48. The van der Waals surface area contributed by atoms with E-state index < -0.39 is 23.5 Å². The van der Waals surface area contributed by atoms with Crippen molar-refractivity contribution < 1.29 is 13.2 Å². The van der Waals surface area contributed by atoms with Crippen molar-refractivity contribution in [2.45, 2.75) is 6.04 Å². The summed E-state index contributed by atoms with van der Waals surface area (Å²) in [6.45, 7) is 0. The highest BCUT2D eigenvalue weighted by Gasteiger charge is 2.18. The van der Waals surface area contributed by atoms with Crippen LogP contribution in [-0.2, 0) is 0 Å². The van der Waals surface area contributed by atoms with Crippen molar-refractivity contribution in [3.05, 3.63) is 65.5 Å². The molecule has 2 rings (SSSR count). The molecule has 0 aliphatic carbocycles. The molecule has 0 aliphatic heterocycles. The SMILES string of the molecule is N#CC(Nc1ccccc1F)c1cccc(F)c1F. The Labute approximate surface area is 108 Å². The third-order valence-electron chi connectivity index (χ3n) is 2.60. The Hall–Kier alpha value is -2.48. The van der Waals surface area contributed by atoms with E-state index in [0.29, 0.717) is 0 Å². The average molecular weight is 262 g/mol. The number of anilines is 1. The summed E-state index contributed by atoms with van der Waals surface area (Å²) in [6, 6.07) is 9.81. The van der Waals surface area contributed by atoms with Gasteiger partial charge in [-0.25, -0.2) is 13.2 Å². The van der Waals surface area contributed by atoms with Crippen LogP contribution in [0.15, 0.2) is 42.5 Å². The molecule has 1 N–H and O–H groups in total. The van der Waals surface area contributed by atoms with Crippen LogP contribution in [0.3, 0.4) is 0 Å². The summed E-state index contributed by atoms with van der Waals surface area (Å²) in [4.78, 5) is 0. The monoisotopic (exact) mass is 262 g/mol. The van der Waals surface area contributed by atoms with E-state index >= 15 is 0 Å². The van der Waals surface area contributed by atoms with Gasteiger partial charge >= 0.3 is 0 Å². The molecular formula is C14H9F3N2.